The summed E-state index contributed by atoms with van der Waals surface area (Å²) in [5, 5.41) is 3.00. The second-order valence-electron chi connectivity index (χ2n) is 4.79. The number of anilines is 1. The number of carbonyl (C=O) groups excluding carboxylic acids is 1. The Hall–Kier alpha value is -0.680. The van der Waals surface area contributed by atoms with Crippen molar-refractivity contribution in [3.63, 3.8) is 0 Å². The highest BCUT2D eigenvalue weighted by Crippen LogP contribution is 2.37. The van der Waals surface area contributed by atoms with E-state index in [9.17, 15) is 4.79 Å². The number of nitrogens with one attached hydrogen (secondary N) is 1. The Labute approximate surface area is 120 Å². The molecule has 5 heteroatoms. The van der Waals surface area contributed by atoms with E-state index in [0.29, 0.717) is 22.3 Å². The Bertz CT molecular complexity index is 458. The van der Waals surface area contributed by atoms with Crippen molar-refractivity contribution in [3.05, 3.63) is 28.2 Å². The second kappa shape index (κ2) is 5.53. The van der Waals surface area contributed by atoms with Crippen molar-refractivity contribution in [1.82, 2.24) is 5.32 Å². The van der Waals surface area contributed by atoms with Crippen LogP contribution in [0, 0.1) is 0 Å². The molecular weight excluding hydrogens is 312 g/mol. The van der Waals surface area contributed by atoms with Crippen LogP contribution in [0.25, 0.3) is 0 Å². The summed E-state index contributed by atoms with van der Waals surface area (Å²) in [5.74, 6) is 1.12. The van der Waals surface area contributed by atoms with Gasteiger partial charge in [0.25, 0.3) is 5.91 Å². The number of nitrogen functional groups attached to an aromatic ring is 1. The van der Waals surface area contributed by atoms with Crippen molar-refractivity contribution in [1.29, 1.82) is 0 Å². The monoisotopic (exact) mass is 328 g/mol. The number of nitrogens with two attached hydrogens (primary N) is 1. The molecule has 0 radical (unpaired) electrons. The van der Waals surface area contributed by atoms with Crippen LogP contribution in [-0.4, -0.2) is 23.0 Å². The lowest BCUT2D eigenvalue weighted by atomic mass is 10.1. The molecule has 1 saturated heterocycles. The highest BCUT2D eigenvalue weighted by molar-refractivity contribution is 9.10. The molecule has 1 fully saturated rings. The summed E-state index contributed by atoms with van der Waals surface area (Å²) in [4.78, 5) is 12.1. The van der Waals surface area contributed by atoms with E-state index >= 15 is 0 Å². The van der Waals surface area contributed by atoms with Crippen LogP contribution in [0.4, 0.5) is 5.69 Å². The molecule has 1 amide bonds. The lowest BCUT2D eigenvalue weighted by Crippen LogP contribution is -2.36. The molecule has 0 aromatic heterocycles. The number of hydrogen-bond donors (Lipinski definition) is 2. The first-order valence-electron chi connectivity index (χ1n) is 5.98. The summed E-state index contributed by atoms with van der Waals surface area (Å²) in [7, 11) is 0. The molecule has 1 aliphatic rings. The topological polar surface area (TPSA) is 55.1 Å². The normalized spacial score (nSPS) is 23.0. The molecule has 1 unspecified atom stereocenters. The third-order valence-corrected chi connectivity index (χ3v) is 5.62. The maximum Gasteiger partial charge on any atom is 0.252 e. The first-order chi connectivity index (χ1) is 8.52. The smallest absolute Gasteiger partial charge is 0.252 e. The molecular formula is C13H17BrN2OS. The molecule has 1 atom stereocenters. The van der Waals surface area contributed by atoms with Gasteiger partial charge in [-0.1, -0.05) is 6.07 Å². The van der Waals surface area contributed by atoms with Crippen molar-refractivity contribution in [2.45, 2.75) is 24.5 Å². The van der Waals surface area contributed by atoms with E-state index in [4.69, 9.17) is 5.73 Å². The van der Waals surface area contributed by atoms with E-state index in [1.54, 1.807) is 18.2 Å². The van der Waals surface area contributed by atoms with Gasteiger partial charge < -0.3 is 11.1 Å². The van der Waals surface area contributed by atoms with Gasteiger partial charge in [0.05, 0.1) is 10.0 Å². The molecule has 0 spiro atoms. The standard InChI is InChI=1S/C13H17BrN2OS/c1-13(6-3-7-18-13)8-16-12(17)9-4-2-5-10(15)11(9)14/h2,4-5H,3,6-8,15H2,1H3,(H,16,17). The minimum atomic E-state index is -0.0668. The van der Waals surface area contributed by atoms with Crippen molar-refractivity contribution in [3.8, 4) is 0 Å². The number of benzene rings is 1. The van der Waals surface area contributed by atoms with Gasteiger partial charge in [0.1, 0.15) is 0 Å². The van der Waals surface area contributed by atoms with Crippen LogP contribution in [0.2, 0.25) is 0 Å². The van der Waals surface area contributed by atoms with Crippen LogP contribution in [0.1, 0.15) is 30.1 Å². The minimum Gasteiger partial charge on any atom is -0.398 e. The third-order valence-electron chi connectivity index (χ3n) is 3.20. The number of carbonyl (C=O) groups is 1. The predicted molar refractivity (Wildman–Crippen MR) is 81.0 cm³/mol. The van der Waals surface area contributed by atoms with Crippen LogP contribution in [0.5, 0.6) is 0 Å². The number of halogens is 1. The molecule has 0 aliphatic carbocycles. The van der Waals surface area contributed by atoms with E-state index < -0.39 is 0 Å². The van der Waals surface area contributed by atoms with Crippen LogP contribution in [0.15, 0.2) is 22.7 Å². The van der Waals surface area contributed by atoms with Gasteiger partial charge in [-0.3, -0.25) is 4.79 Å². The molecule has 1 aliphatic heterocycles. The average Bonchev–Trinajstić information content (AvgIpc) is 2.77. The quantitative estimate of drug-likeness (QED) is 0.838. The second-order valence-corrected chi connectivity index (χ2v) is 7.27. The first kappa shape index (κ1) is 13.7. The third kappa shape index (κ3) is 3.01. The Morgan fingerprint density at radius 1 is 1.61 bits per heavy atom. The van der Waals surface area contributed by atoms with Crippen LogP contribution >= 0.6 is 27.7 Å². The molecule has 0 saturated carbocycles. The van der Waals surface area contributed by atoms with Gasteiger partial charge >= 0.3 is 0 Å². The minimum absolute atomic E-state index is 0.0668. The molecule has 0 bridgehead atoms. The summed E-state index contributed by atoms with van der Waals surface area (Å²) in [6.45, 7) is 2.91. The molecule has 1 aromatic rings. The molecule has 2 rings (SSSR count). The fraction of sp³-hybridized carbons (Fsp3) is 0.462. The van der Waals surface area contributed by atoms with Gasteiger partial charge in [0.2, 0.25) is 0 Å². The summed E-state index contributed by atoms with van der Waals surface area (Å²) in [5.41, 5.74) is 6.96. The molecule has 98 valence electrons. The van der Waals surface area contributed by atoms with Gasteiger partial charge in [0.15, 0.2) is 0 Å². The van der Waals surface area contributed by atoms with Crippen LogP contribution in [-0.2, 0) is 0 Å². The summed E-state index contributed by atoms with van der Waals surface area (Å²) in [6, 6.07) is 5.34. The van der Waals surface area contributed by atoms with Gasteiger partial charge in [-0.2, -0.15) is 11.8 Å². The Morgan fingerprint density at radius 3 is 3.06 bits per heavy atom. The van der Waals surface area contributed by atoms with E-state index in [1.165, 1.54) is 12.2 Å². The Balaban J connectivity index is 2.01. The van der Waals surface area contributed by atoms with E-state index in [0.717, 1.165) is 6.42 Å². The highest BCUT2D eigenvalue weighted by atomic mass is 79.9. The van der Waals surface area contributed by atoms with Crippen molar-refractivity contribution < 1.29 is 4.79 Å². The van der Waals surface area contributed by atoms with Gasteiger partial charge in [-0.15, -0.1) is 0 Å². The van der Waals surface area contributed by atoms with Gasteiger partial charge in [0, 0.05) is 17.0 Å². The lowest BCUT2D eigenvalue weighted by Gasteiger charge is -2.23. The van der Waals surface area contributed by atoms with E-state index in [2.05, 4.69) is 28.2 Å². The van der Waals surface area contributed by atoms with E-state index in [1.807, 2.05) is 11.8 Å². The zero-order chi connectivity index (χ0) is 13.2. The number of amides is 1. The zero-order valence-electron chi connectivity index (χ0n) is 10.3. The van der Waals surface area contributed by atoms with Gasteiger partial charge in [-0.25, -0.2) is 0 Å². The predicted octanol–water partition coefficient (Wildman–Crippen LogP) is 3.05. The largest absolute Gasteiger partial charge is 0.398 e. The first-order valence-corrected chi connectivity index (χ1v) is 7.76. The van der Waals surface area contributed by atoms with E-state index in [-0.39, 0.29) is 10.7 Å². The summed E-state index contributed by atoms with van der Waals surface area (Å²) >= 11 is 5.29. The Morgan fingerprint density at radius 2 is 2.39 bits per heavy atom. The zero-order valence-corrected chi connectivity index (χ0v) is 12.7. The number of rotatable bonds is 3. The number of thioether (sulfide) groups is 1. The summed E-state index contributed by atoms with van der Waals surface area (Å²) in [6.07, 6.45) is 2.40. The van der Waals surface area contributed by atoms with Gasteiger partial charge in [-0.05, 0) is 53.6 Å². The molecule has 3 nitrogen and oxygen atoms in total. The maximum atomic E-state index is 12.1. The number of hydrogen-bond acceptors (Lipinski definition) is 3. The summed E-state index contributed by atoms with van der Waals surface area (Å²) < 4.78 is 0.856. The SMILES string of the molecule is CC1(CNC(=O)c2cccc(N)c2Br)CCCS1. The Kier molecular flexibility index (Phi) is 4.22. The van der Waals surface area contributed by atoms with Crippen LogP contribution in [0.3, 0.4) is 0 Å². The van der Waals surface area contributed by atoms with Crippen molar-refractivity contribution >= 4 is 39.3 Å². The van der Waals surface area contributed by atoms with Crippen LogP contribution < -0.4 is 11.1 Å². The molecule has 18 heavy (non-hydrogen) atoms. The fourth-order valence-electron chi connectivity index (χ4n) is 2.06. The maximum absolute atomic E-state index is 12.1. The highest BCUT2D eigenvalue weighted by Gasteiger charge is 2.30. The molecule has 3 N–H and O–H groups in total. The average molecular weight is 329 g/mol. The molecule has 1 heterocycles. The lowest BCUT2D eigenvalue weighted by molar-refractivity contribution is 0.0949. The van der Waals surface area contributed by atoms with Crippen molar-refractivity contribution in [2.24, 2.45) is 0 Å². The fourth-order valence-corrected chi connectivity index (χ4v) is 3.75. The van der Waals surface area contributed by atoms with Crippen molar-refractivity contribution in [2.75, 3.05) is 18.0 Å². The molecule has 1 aromatic carbocycles.